The van der Waals surface area contributed by atoms with Crippen molar-refractivity contribution < 1.29 is 14.7 Å². The Hall–Kier alpha value is -2.34. The molecule has 0 bridgehead atoms. The van der Waals surface area contributed by atoms with Crippen LogP contribution in [0.5, 0.6) is 5.75 Å². The molecule has 1 N–H and O–H groups in total. The number of nitrogens with zero attached hydrogens (tertiary/aromatic N) is 1. The van der Waals surface area contributed by atoms with E-state index in [4.69, 9.17) is 4.74 Å². The first-order valence-corrected chi connectivity index (χ1v) is 7.76. The van der Waals surface area contributed by atoms with E-state index in [1.807, 2.05) is 49.4 Å². The Balaban J connectivity index is 2.17. The van der Waals surface area contributed by atoms with E-state index >= 15 is 0 Å². The third-order valence-corrected chi connectivity index (χ3v) is 4.25. The van der Waals surface area contributed by atoms with Crippen LogP contribution in [0.4, 0.5) is 0 Å². The second kappa shape index (κ2) is 6.42. The Morgan fingerprint density at radius 1 is 1.30 bits per heavy atom. The number of nitro groups is 1. The highest BCUT2D eigenvalue weighted by atomic mass is 16.6. The van der Waals surface area contributed by atoms with E-state index in [0.717, 1.165) is 16.7 Å². The molecule has 2 aromatic carbocycles. The van der Waals surface area contributed by atoms with Crippen LogP contribution in [0.25, 0.3) is 11.1 Å². The molecule has 0 saturated carbocycles. The van der Waals surface area contributed by atoms with Gasteiger partial charge in [0.2, 0.25) is 6.54 Å². The second-order valence-electron chi connectivity index (χ2n) is 5.70. The van der Waals surface area contributed by atoms with Crippen molar-refractivity contribution >= 4 is 12.4 Å². The van der Waals surface area contributed by atoms with E-state index in [9.17, 15) is 15.1 Å². The molecule has 0 fully saturated rings. The van der Waals surface area contributed by atoms with Gasteiger partial charge in [-0.3, -0.25) is 10.1 Å². The van der Waals surface area contributed by atoms with Crippen LogP contribution in [-0.4, -0.2) is 30.0 Å². The molecule has 2 aromatic rings. The average molecular weight is 311 g/mol. The van der Waals surface area contributed by atoms with Crippen LogP contribution < -0.4 is 10.2 Å². The molecule has 0 aromatic heterocycles. The van der Waals surface area contributed by atoms with E-state index in [1.54, 1.807) is 0 Å². The third kappa shape index (κ3) is 2.94. The first kappa shape index (κ1) is 15.6. The summed E-state index contributed by atoms with van der Waals surface area (Å²) in [5.41, 5.74) is 3.49. The maximum atomic E-state index is 11.0. The van der Waals surface area contributed by atoms with E-state index in [0.29, 0.717) is 24.1 Å². The van der Waals surface area contributed by atoms with Gasteiger partial charge in [0, 0.05) is 10.8 Å². The zero-order valence-corrected chi connectivity index (χ0v) is 12.9. The van der Waals surface area contributed by atoms with Crippen molar-refractivity contribution in [2.75, 3.05) is 13.2 Å². The number of ether oxygens (including phenoxy) is 1. The van der Waals surface area contributed by atoms with Gasteiger partial charge in [-0.15, -0.1) is 0 Å². The first-order valence-electron chi connectivity index (χ1n) is 7.76. The van der Waals surface area contributed by atoms with Crippen LogP contribution in [0, 0.1) is 10.1 Å². The molecule has 0 spiro atoms. The summed E-state index contributed by atoms with van der Waals surface area (Å²) in [5, 5.41) is 21.5. The average Bonchev–Trinajstić information content (AvgIpc) is 2.85. The Bertz CT molecular complexity index is 720. The lowest BCUT2D eigenvalue weighted by atomic mass is 9.62. The fourth-order valence-corrected chi connectivity index (χ4v) is 3.40. The van der Waals surface area contributed by atoms with Gasteiger partial charge in [-0.2, -0.15) is 0 Å². The predicted octanol–water partition coefficient (Wildman–Crippen LogP) is 2.32. The molecule has 118 valence electrons. The Labute approximate surface area is 135 Å². The Kier molecular flexibility index (Phi) is 4.34. The van der Waals surface area contributed by atoms with Gasteiger partial charge < -0.3 is 9.76 Å². The van der Waals surface area contributed by atoms with Gasteiger partial charge in [0.25, 0.3) is 0 Å². The van der Waals surface area contributed by atoms with Crippen molar-refractivity contribution in [1.29, 1.82) is 0 Å². The van der Waals surface area contributed by atoms with Crippen LogP contribution in [0.1, 0.15) is 18.4 Å². The molecule has 23 heavy (non-hydrogen) atoms. The van der Waals surface area contributed by atoms with Crippen molar-refractivity contribution in [3.05, 3.63) is 58.1 Å². The highest BCUT2D eigenvalue weighted by Crippen LogP contribution is 2.38. The van der Waals surface area contributed by atoms with Crippen LogP contribution in [0.15, 0.2) is 42.5 Å². The molecule has 0 radical (unpaired) electrons. The summed E-state index contributed by atoms with van der Waals surface area (Å²) in [6.07, 6.45) is 0.361. The summed E-state index contributed by atoms with van der Waals surface area (Å²) >= 11 is 0. The molecule has 5 nitrogen and oxygen atoms in total. The molecule has 1 aliphatic rings. The molecule has 3 rings (SSSR count). The Morgan fingerprint density at radius 3 is 2.70 bits per heavy atom. The molecule has 1 aliphatic heterocycles. The summed E-state index contributed by atoms with van der Waals surface area (Å²) in [6.45, 7) is 1.47. The lowest BCUT2D eigenvalue weighted by Gasteiger charge is -2.17. The topological polar surface area (TPSA) is 72.6 Å². The normalized spacial score (nSPS) is 16.3. The van der Waals surface area contributed by atoms with Gasteiger partial charge >= 0.3 is 6.92 Å². The lowest BCUT2D eigenvalue weighted by Crippen LogP contribution is -2.28. The molecular weight excluding hydrogens is 293 g/mol. The molecule has 6 heteroatoms. The minimum atomic E-state index is -0.722. The van der Waals surface area contributed by atoms with Gasteiger partial charge in [0.1, 0.15) is 5.75 Å². The summed E-state index contributed by atoms with van der Waals surface area (Å²) in [6, 6.07) is 13.5. The van der Waals surface area contributed by atoms with E-state index in [1.165, 1.54) is 0 Å². The Morgan fingerprint density at radius 2 is 2.04 bits per heavy atom. The standard InChI is InChI=1S/C17H18BNO4/c1-2-23-15-9-8-14(12-6-4-3-5-7-12)16-13(11-19(21)22)10-18(20)17(15)16/h3-9,13,20H,2,10-11H2,1H3. The van der Waals surface area contributed by atoms with Crippen LogP contribution >= 0.6 is 0 Å². The summed E-state index contributed by atoms with van der Waals surface area (Å²) in [5.74, 6) is 0.325. The van der Waals surface area contributed by atoms with Crippen molar-refractivity contribution in [2.24, 2.45) is 0 Å². The van der Waals surface area contributed by atoms with Gasteiger partial charge in [0.15, 0.2) is 0 Å². The summed E-state index contributed by atoms with van der Waals surface area (Å²) < 4.78 is 5.63. The maximum Gasteiger partial charge on any atom is 0.328 e. The number of benzene rings is 2. The zero-order chi connectivity index (χ0) is 16.4. The summed E-state index contributed by atoms with van der Waals surface area (Å²) in [4.78, 5) is 10.7. The first-order chi connectivity index (χ1) is 11.1. The molecule has 1 unspecified atom stereocenters. The monoisotopic (exact) mass is 311 g/mol. The fraction of sp³-hybridized carbons (Fsp3) is 0.294. The van der Waals surface area contributed by atoms with Crippen molar-refractivity contribution in [1.82, 2.24) is 0 Å². The third-order valence-electron chi connectivity index (χ3n) is 4.25. The maximum absolute atomic E-state index is 11.0. The number of rotatable bonds is 5. The van der Waals surface area contributed by atoms with E-state index in [2.05, 4.69) is 0 Å². The highest BCUT2D eigenvalue weighted by Gasteiger charge is 2.40. The quantitative estimate of drug-likeness (QED) is 0.522. The SMILES string of the molecule is CCOc1ccc(-c2ccccc2)c2c1B(O)CC2C[N+](=O)[O-]. The van der Waals surface area contributed by atoms with Crippen molar-refractivity contribution in [3.8, 4) is 16.9 Å². The van der Waals surface area contributed by atoms with Crippen molar-refractivity contribution in [2.45, 2.75) is 19.2 Å². The van der Waals surface area contributed by atoms with Gasteiger partial charge in [0.05, 0.1) is 6.61 Å². The van der Waals surface area contributed by atoms with E-state index in [-0.39, 0.29) is 17.4 Å². The number of hydrogen-bond acceptors (Lipinski definition) is 4. The second-order valence-corrected chi connectivity index (χ2v) is 5.70. The van der Waals surface area contributed by atoms with Gasteiger partial charge in [-0.1, -0.05) is 36.4 Å². The molecule has 0 aliphatic carbocycles. The molecule has 1 heterocycles. The fourth-order valence-electron chi connectivity index (χ4n) is 3.40. The van der Waals surface area contributed by atoms with Crippen LogP contribution in [0.3, 0.4) is 0 Å². The van der Waals surface area contributed by atoms with E-state index < -0.39 is 6.92 Å². The smallest absolute Gasteiger partial charge is 0.328 e. The largest absolute Gasteiger partial charge is 0.494 e. The molecule has 1 atom stereocenters. The predicted molar refractivity (Wildman–Crippen MR) is 90.1 cm³/mol. The number of fused-ring (bicyclic) bond motifs is 1. The molecule has 0 saturated heterocycles. The lowest BCUT2D eigenvalue weighted by molar-refractivity contribution is -0.482. The minimum absolute atomic E-state index is 0.181. The molecular formula is C17H18BNO4. The molecule has 0 amide bonds. The van der Waals surface area contributed by atoms with Gasteiger partial charge in [-0.05, 0) is 41.5 Å². The van der Waals surface area contributed by atoms with Crippen molar-refractivity contribution in [3.63, 3.8) is 0 Å². The zero-order valence-electron chi connectivity index (χ0n) is 12.9. The number of hydrogen-bond donors (Lipinski definition) is 1. The van der Waals surface area contributed by atoms with Crippen LogP contribution in [-0.2, 0) is 0 Å². The minimum Gasteiger partial charge on any atom is -0.494 e. The van der Waals surface area contributed by atoms with Gasteiger partial charge in [-0.25, -0.2) is 0 Å². The summed E-state index contributed by atoms with van der Waals surface area (Å²) in [7, 11) is 0. The van der Waals surface area contributed by atoms with Crippen LogP contribution in [0.2, 0.25) is 6.32 Å². The highest BCUT2D eigenvalue weighted by molar-refractivity contribution is 6.69.